The number of benzene rings is 2. The Balaban J connectivity index is 2.11. The van der Waals surface area contributed by atoms with Crippen molar-refractivity contribution in [3.63, 3.8) is 0 Å². The largest absolute Gasteiger partial charge is 0.495 e. The minimum Gasteiger partial charge on any atom is -0.495 e. The van der Waals surface area contributed by atoms with Crippen molar-refractivity contribution in [2.24, 2.45) is 0 Å². The van der Waals surface area contributed by atoms with Gasteiger partial charge in [-0.25, -0.2) is 4.39 Å². The van der Waals surface area contributed by atoms with Crippen LogP contribution >= 0.6 is 0 Å². The number of rotatable bonds is 4. The molecule has 0 spiro atoms. The number of nitrogens with two attached hydrogens (primary N) is 1. The van der Waals surface area contributed by atoms with E-state index in [1.165, 1.54) is 19.2 Å². The van der Waals surface area contributed by atoms with E-state index in [0.29, 0.717) is 17.1 Å². The molecule has 0 bridgehead atoms. The normalized spacial score (nSPS) is 9.85. The first-order valence-electron chi connectivity index (χ1n) is 5.89. The highest BCUT2D eigenvalue weighted by atomic mass is 19.1. The number of hydrogen-bond acceptors (Lipinski definition) is 4. The van der Waals surface area contributed by atoms with Crippen molar-refractivity contribution in [2.45, 2.75) is 6.61 Å². The number of nitriles is 1. The summed E-state index contributed by atoms with van der Waals surface area (Å²) < 4.78 is 23.8. The maximum atomic E-state index is 13.3. The molecule has 0 aliphatic carbocycles. The molecule has 0 saturated heterocycles. The molecule has 0 saturated carbocycles. The number of ether oxygens (including phenoxy) is 2. The maximum Gasteiger partial charge on any atom is 0.149 e. The summed E-state index contributed by atoms with van der Waals surface area (Å²) >= 11 is 0. The molecular formula is C15H13FN2O2. The van der Waals surface area contributed by atoms with Crippen molar-refractivity contribution >= 4 is 5.69 Å². The second kappa shape index (κ2) is 5.93. The monoisotopic (exact) mass is 272 g/mol. The van der Waals surface area contributed by atoms with Crippen LogP contribution in [0, 0.1) is 17.1 Å². The van der Waals surface area contributed by atoms with Gasteiger partial charge in [-0.2, -0.15) is 5.26 Å². The third-order valence-corrected chi connectivity index (χ3v) is 2.76. The fraction of sp³-hybridized carbons (Fsp3) is 0.133. The summed E-state index contributed by atoms with van der Waals surface area (Å²) in [4.78, 5) is 0. The van der Waals surface area contributed by atoms with Crippen molar-refractivity contribution in [2.75, 3.05) is 12.8 Å². The summed E-state index contributed by atoms with van der Waals surface area (Å²) in [6, 6.07) is 11.4. The molecule has 0 aliphatic rings. The van der Waals surface area contributed by atoms with Gasteiger partial charge in [0.25, 0.3) is 0 Å². The van der Waals surface area contributed by atoms with Crippen LogP contribution in [0.1, 0.15) is 11.1 Å². The number of halogens is 1. The van der Waals surface area contributed by atoms with Crippen LogP contribution in [-0.4, -0.2) is 7.11 Å². The lowest BCUT2D eigenvalue weighted by Crippen LogP contribution is -1.98. The van der Waals surface area contributed by atoms with Crippen molar-refractivity contribution in [1.29, 1.82) is 5.26 Å². The molecule has 0 amide bonds. The minimum atomic E-state index is -0.514. The molecule has 102 valence electrons. The molecule has 0 heterocycles. The van der Waals surface area contributed by atoms with Crippen molar-refractivity contribution in [1.82, 2.24) is 0 Å². The first-order valence-corrected chi connectivity index (χ1v) is 5.89. The highest BCUT2D eigenvalue weighted by Crippen LogP contribution is 2.22. The molecule has 0 unspecified atom stereocenters. The molecule has 2 N–H and O–H groups in total. The highest BCUT2D eigenvalue weighted by molar-refractivity contribution is 5.46. The first kappa shape index (κ1) is 13.7. The molecule has 0 aliphatic heterocycles. The van der Waals surface area contributed by atoms with E-state index in [9.17, 15) is 4.39 Å². The number of anilines is 1. The highest BCUT2D eigenvalue weighted by Gasteiger charge is 2.05. The molecule has 4 nitrogen and oxygen atoms in total. The van der Waals surface area contributed by atoms with Crippen LogP contribution in [0.5, 0.6) is 11.5 Å². The topological polar surface area (TPSA) is 68.3 Å². The minimum absolute atomic E-state index is 0.0809. The molecule has 2 aromatic rings. The van der Waals surface area contributed by atoms with Gasteiger partial charge in [-0.1, -0.05) is 6.07 Å². The standard InChI is InChI=1S/C15H13FN2O2/c1-19-15-6-10(2-3-11(15)8-17)9-20-12-4-5-14(18)13(16)7-12/h2-7H,9,18H2,1H3. The fourth-order valence-corrected chi connectivity index (χ4v) is 1.68. The summed E-state index contributed by atoms with van der Waals surface area (Å²) in [5.41, 5.74) is 6.74. The Morgan fingerprint density at radius 2 is 2.05 bits per heavy atom. The predicted octanol–water partition coefficient (Wildman–Crippen LogP) is 2.87. The average Bonchev–Trinajstić information content (AvgIpc) is 2.48. The predicted molar refractivity (Wildman–Crippen MR) is 72.9 cm³/mol. The van der Waals surface area contributed by atoms with E-state index in [0.717, 1.165) is 5.56 Å². The lowest BCUT2D eigenvalue weighted by molar-refractivity contribution is 0.303. The van der Waals surface area contributed by atoms with E-state index in [-0.39, 0.29) is 12.3 Å². The van der Waals surface area contributed by atoms with Crippen molar-refractivity contribution in [3.8, 4) is 17.6 Å². The van der Waals surface area contributed by atoms with Gasteiger partial charge < -0.3 is 15.2 Å². The number of nitrogen functional groups attached to an aromatic ring is 1. The Kier molecular flexibility index (Phi) is 4.06. The van der Waals surface area contributed by atoms with Gasteiger partial charge in [0.15, 0.2) is 0 Å². The van der Waals surface area contributed by atoms with Gasteiger partial charge in [0.1, 0.15) is 30.0 Å². The number of methoxy groups -OCH3 is 1. The third-order valence-electron chi connectivity index (χ3n) is 2.76. The van der Waals surface area contributed by atoms with Gasteiger partial charge in [-0.3, -0.25) is 0 Å². The molecule has 0 fully saturated rings. The van der Waals surface area contributed by atoms with E-state index in [1.54, 1.807) is 24.3 Å². The van der Waals surface area contributed by atoms with Gasteiger partial charge in [-0.15, -0.1) is 0 Å². The number of hydrogen-bond donors (Lipinski definition) is 1. The molecule has 2 rings (SSSR count). The van der Waals surface area contributed by atoms with Gasteiger partial charge in [0, 0.05) is 6.07 Å². The quantitative estimate of drug-likeness (QED) is 0.869. The molecule has 2 aromatic carbocycles. The number of nitrogens with zero attached hydrogens (tertiary/aromatic N) is 1. The smallest absolute Gasteiger partial charge is 0.149 e. The maximum absolute atomic E-state index is 13.3. The lowest BCUT2D eigenvalue weighted by atomic mass is 10.1. The molecular weight excluding hydrogens is 259 g/mol. The Hall–Kier alpha value is -2.74. The van der Waals surface area contributed by atoms with Crippen LogP contribution in [0.25, 0.3) is 0 Å². The Bertz CT molecular complexity index is 665. The average molecular weight is 272 g/mol. The molecule has 20 heavy (non-hydrogen) atoms. The van der Waals surface area contributed by atoms with Gasteiger partial charge in [0.2, 0.25) is 0 Å². The molecule has 0 aromatic heterocycles. The summed E-state index contributed by atoms with van der Waals surface area (Å²) in [6.45, 7) is 0.241. The van der Waals surface area contributed by atoms with Crippen LogP contribution in [-0.2, 0) is 6.61 Å². The molecule has 5 heteroatoms. The zero-order valence-corrected chi connectivity index (χ0v) is 10.9. The van der Waals surface area contributed by atoms with E-state index in [1.807, 2.05) is 6.07 Å². The van der Waals surface area contributed by atoms with Gasteiger partial charge in [-0.05, 0) is 29.8 Å². The SMILES string of the molecule is COc1cc(COc2ccc(N)c(F)c2)ccc1C#N. The zero-order valence-electron chi connectivity index (χ0n) is 10.9. The van der Waals surface area contributed by atoms with Crippen LogP contribution in [0.2, 0.25) is 0 Å². The van der Waals surface area contributed by atoms with Gasteiger partial charge >= 0.3 is 0 Å². The Morgan fingerprint density at radius 3 is 2.70 bits per heavy atom. The summed E-state index contributed by atoms with van der Waals surface area (Å²) in [5.74, 6) is 0.358. The molecule has 0 atom stereocenters. The van der Waals surface area contributed by atoms with E-state index in [2.05, 4.69) is 0 Å². The zero-order chi connectivity index (χ0) is 14.5. The third kappa shape index (κ3) is 2.98. The van der Waals surface area contributed by atoms with Crippen molar-refractivity contribution in [3.05, 3.63) is 53.3 Å². The van der Waals surface area contributed by atoms with E-state index < -0.39 is 5.82 Å². The van der Waals surface area contributed by atoms with Crippen LogP contribution in [0.15, 0.2) is 36.4 Å². The Labute approximate surface area is 116 Å². The van der Waals surface area contributed by atoms with Crippen molar-refractivity contribution < 1.29 is 13.9 Å². The Morgan fingerprint density at radius 1 is 1.25 bits per heavy atom. The fourth-order valence-electron chi connectivity index (χ4n) is 1.68. The second-order valence-corrected chi connectivity index (χ2v) is 4.12. The van der Waals surface area contributed by atoms with Gasteiger partial charge in [0.05, 0.1) is 18.4 Å². The summed E-state index contributed by atoms with van der Waals surface area (Å²) in [5, 5.41) is 8.89. The van der Waals surface area contributed by atoms with Crippen LogP contribution in [0.4, 0.5) is 10.1 Å². The second-order valence-electron chi connectivity index (χ2n) is 4.12. The van der Waals surface area contributed by atoms with E-state index in [4.69, 9.17) is 20.5 Å². The first-order chi connectivity index (χ1) is 9.63. The van der Waals surface area contributed by atoms with Crippen LogP contribution < -0.4 is 15.2 Å². The summed E-state index contributed by atoms with van der Waals surface area (Å²) in [7, 11) is 1.50. The van der Waals surface area contributed by atoms with Crippen LogP contribution in [0.3, 0.4) is 0 Å². The summed E-state index contributed by atoms with van der Waals surface area (Å²) in [6.07, 6.45) is 0. The lowest BCUT2D eigenvalue weighted by Gasteiger charge is -2.09. The molecule has 0 radical (unpaired) electrons. The van der Waals surface area contributed by atoms with E-state index >= 15 is 0 Å².